The number of benzene rings is 1. The molecule has 0 aromatic heterocycles. The Bertz CT molecular complexity index is 3060. The summed E-state index contributed by atoms with van der Waals surface area (Å²) < 4.78 is 109. The lowest BCUT2D eigenvalue weighted by atomic mass is 9.83. The fraction of sp³-hybridized carbons (Fsp3) is 0.821. The minimum atomic E-state index is -5.17. The van der Waals surface area contributed by atoms with Crippen molar-refractivity contribution in [1.29, 1.82) is 0 Å². The summed E-state index contributed by atoms with van der Waals surface area (Å²) in [5.41, 5.74) is -5.25. The number of carbonyl (C=O) groups is 6. The highest BCUT2D eigenvalue weighted by atomic mass is 32.2. The third-order valence-electron chi connectivity index (χ3n) is 15.4. The topological polar surface area (TPSA) is 450 Å². The Labute approximate surface area is 592 Å². The van der Waals surface area contributed by atoms with Crippen molar-refractivity contribution < 1.29 is 129 Å². The first-order valence-corrected chi connectivity index (χ1v) is 35.4. The molecular formula is C67H114N6O27S. The maximum absolute atomic E-state index is 15.5. The molecule has 0 spiro atoms. The molecule has 12 N–H and O–H groups in total. The van der Waals surface area contributed by atoms with E-state index in [1.807, 2.05) is 13.8 Å². The van der Waals surface area contributed by atoms with Gasteiger partial charge in [0, 0.05) is 13.1 Å². The molecule has 0 radical (unpaired) electrons. The molecule has 1 aromatic carbocycles. The van der Waals surface area contributed by atoms with Gasteiger partial charge in [0.2, 0.25) is 6.29 Å². The van der Waals surface area contributed by atoms with E-state index in [9.17, 15) is 59.4 Å². The quantitative estimate of drug-likeness (QED) is 0.0586. The van der Waals surface area contributed by atoms with E-state index < -0.39 is 228 Å². The van der Waals surface area contributed by atoms with Gasteiger partial charge < -0.3 is 119 Å². The van der Waals surface area contributed by atoms with E-state index in [1.165, 1.54) is 41.5 Å². The van der Waals surface area contributed by atoms with Gasteiger partial charge in [-0.25, -0.2) is 33.0 Å². The summed E-state index contributed by atoms with van der Waals surface area (Å²) in [6.07, 6.45) is -38.1. The van der Waals surface area contributed by atoms with Crippen LogP contribution < -0.4 is 31.9 Å². The standard InChI is InChI=1S/C67H114N6O27S/c1-30(2)33-25-34(31(3)4)51(35(26-33)32(5)6)101(86,87)100-55-50(92-53-41(73-61(85)99-67(22,23)24)46(78)44(76)39(89-53)29-69-57(81)95-63(10,11)12)47(79)54(93-55)91-49-42(74)36(70-58(82)96-64(13,14)15)27-37(71-59(83)97-65(16,17)18)48(49)90-52-40(72-60(84)98-66(19,20)21)45(77)43(75)38(88-52)28-68-56(80)94-62(7,8)9/h25-26,30-32,36-50,52-55,74-79H,27-29H2,1-24H3,(H,68,80)(H,69,81)(H,70,82)(H,71,83)(H,72,84)(H,73,85). The van der Waals surface area contributed by atoms with Crippen LogP contribution in [0.1, 0.15) is 207 Å². The fourth-order valence-corrected chi connectivity index (χ4v) is 12.8. The van der Waals surface area contributed by atoms with Crippen LogP contribution in [0, 0.1) is 0 Å². The van der Waals surface area contributed by atoms with Crippen LogP contribution in [0.2, 0.25) is 0 Å². The van der Waals surface area contributed by atoms with Gasteiger partial charge in [-0.15, -0.1) is 0 Å². The third kappa shape index (κ3) is 25.5. The predicted octanol–water partition coefficient (Wildman–Crippen LogP) is 5.24. The monoisotopic (exact) mass is 1470 g/mol. The molecule has 3 heterocycles. The Morgan fingerprint density at radius 2 is 0.752 bits per heavy atom. The normalized spacial score (nSPS) is 30.0. The second kappa shape index (κ2) is 33.6. The molecule has 1 saturated carbocycles. The molecule has 4 aliphatic rings. The van der Waals surface area contributed by atoms with E-state index in [2.05, 4.69) is 31.9 Å². The van der Waals surface area contributed by atoms with Crippen molar-refractivity contribution >= 4 is 46.7 Å². The number of nitrogens with one attached hydrogen (secondary N) is 6. The molecule has 33 nitrogen and oxygen atoms in total. The summed E-state index contributed by atoms with van der Waals surface area (Å²) in [6.45, 7) is 37.8. The molecule has 3 saturated heterocycles. The Morgan fingerprint density at radius 1 is 0.416 bits per heavy atom. The molecule has 5 rings (SSSR count). The van der Waals surface area contributed by atoms with Crippen molar-refractivity contribution in [2.75, 3.05) is 13.1 Å². The molecule has 101 heavy (non-hydrogen) atoms. The number of alkyl carbamates (subject to hydrolysis) is 6. The van der Waals surface area contributed by atoms with E-state index in [0.717, 1.165) is 5.56 Å². The van der Waals surface area contributed by atoms with Crippen molar-refractivity contribution in [1.82, 2.24) is 31.9 Å². The highest BCUT2D eigenvalue weighted by molar-refractivity contribution is 7.86. The van der Waals surface area contributed by atoms with Gasteiger partial charge in [-0.2, -0.15) is 8.42 Å². The first-order chi connectivity index (χ1) is 45.9. The van der Waals surface area contributed by atoms with Crippen LogP contribution in [0.15, 0.2) is 17.0 Å². The SMILES string of the molecule is CC(C)c1cc(C(C)C)c(S(=O)(=O)OC2OC(OC3C(O)C(NC(=O)OC(C)(C)C)CC(NC(=O)OC(C)(C)C)C3OC3OC(CNC(=O)OC(C)(C)C)C(O)C(O)C3NC(=O)OC(C)(C)C)C(O)C2OC2OC(CNC(=O)OC(C)(C)C)C(O)C(O)C2NC(=O)OC(C)(C)C)c(C(C)C)c1. The molecule has 3 aliphatic heterocycles. The second-order valence-corrected chi connectivity index (χ2v) is 34.1. The largest absolute Gasteiger partial charge is 0.444 e. The highest BCUT2D eigenvalue weighted by Gasteiger charge is 2.59. The Balaban J connectivity index is 1.79. The molecule has 6 amide bonds. The summed E-state index contributed by atoms with van der Waals surface area (Å²) >= 11 is 0. The van der Waals surface area contributed by atoms with Crippen LogP contribution in [0.3, 0.4) is 0 Å². The van der Waals surface area contributed by atoms with Crippen LogP contribution in [-0.4, -0.2) is 239 Å². The third-order valence-corrected chi connectivity index (χ3v) is 16.8. The maximum Gasteiger partial charge on any atom is 0.408 e. The van der Waals surface area contributed by atoms with E-state index in [1.54, 1.807) is 123 Å². The lowest BCUT2D eigenvalue weighted by Crippen LogP contribution is -2.70. The molecule has 0 bridgehead atoms. The zero-order valence-electron chi connectivity index (χ0n) is 62.6. The molecule has 19 atom stereocenters. The summed E-state index contributed by atoms with van der Waals surface area (Å²) in [5.74, 6) is -1.04. The average Bonchev–Trinajstić information content (AvgIpc) is 1.75. The van der Waals surface area contributed by atoms with Gasteiger partial charge in [-0.1, -0.05) is 53.7 Å². The number of carbonyl (C=O) groups excluding carboxylic acids is 6. The summed E-state index contributed by atoms with van der Waals surface area (Å²) in [6, 6.07) is -3.48. The van der Waals surface area contributed by atoms with Gasteiger partial charge in [0.15, 0.2) is 18.9 Å². The predicted molar refractivity (Wildman–Crippen MR) is 359 cm³/mol. The van der Waals surface area contributed by atoms with Crippen molar-refractivity contribution in [3.63, 3.8) is 0 Å². The van der Waals surface area contributed by atoms with Crippen LogP contribution in [0.5, 0.6) is 0 Å². The summed E-state index contributed by atoms with van der Waals surface area (Å²) in [5, 5.41) is 88.3. The molecule has 580 valence electrons. The average molecular weight is 1470 g/mol. The smallest absolute Gasteiger partial charge is 0.408 e. The Kier molecular flexibility index (Phi) is 28.6. The number of amides is 6. The van der Waals surface area contributed by atoms with Gasteiger partial charge >= 0.3 is 36.6 Å². The molecule has 34 heteroatoms. The van der Waals surface area contributed by atoms with Crippen LogP contribution in [0.4, 0.5) is 28.8 Å². The number of hydrogen-bond acceptors (Lipinski definition) is 27. The maximum atomic E-state index is 15.5. The van der Waals surface area contributed by atoms with Crippen LogP contribution in [0.25, 0.3) is 0 Å². The number of ether oxygens (including phenoxy) is 12. The lowest BCUT2D eigenvalue weighted by molar-refractivity contribution is -0.313. The molecule has 1 aromatic rings. The van der Waals surface area contributed by atoms with E-state index in [-0.39, 0.29) is 10.8 Å². The van der Waals surface area contributed by atoms with Crippen LogP contribution >= 0.6 is 0 Å². The van der Waals surface area contributed by atoms with Gasteiger partial charge in [-0.05, 0) is 165 Å². The molecular weight excluding hydrogens is 1350 g/mol. The number of aliphatic hydroxyl groups excluding tert-OH is 6. The van der Waals surface area contributed by atoms with Gasteiger partial charge in [0.1, 0.15) is 118 Å². The Hall–Kier alpha value is -5.73. The van der Waals surface area contributed by atoms with Crippen molar-refractivity contribution in [2.45, 2.75) is 345 Å². The van der Waals surface area contributed by atoms with E-state index in [4.69, 9.17) is 61.0 Å². The summed E-state index contributed by atoms with van der Waals surface area (Å²) in [4.78, 5) is 81.3. The zero-order valence-corrected chi connectivity index (χ0v) is 63.5. The highest BCUT2D eigenvalue weighted by Crippen LogP contribution is 2.41. The zero-order chi connectivity index (χ0) is 76.9. The van der Waals surface area contributed by atoms with E-state index in [0.29, 0.717) is 11.1 Å². The first-order valence-electron chi connectivity index (χ1n) is 34.0. The minimum absolute atomic E-state index is 0.0849. The van der Waals surface area contributed by atoms with E-state index >= 15 is 8.42 Å². The molecule has 4 fully saturated rings. The van der Waals surface area contributed by atoms with Crippen LogP contribution in [-0.2, 0) is 71.1 Å². The Morgan fingerprint density at radius 3 is 1.11 bits per heavy atom. The van der Waals surface area contributed by atoms with Gasteiger partial charge in [0.05, 0.1) is 12.1 Å². The van der Waals surface area contributed by atoms with Crippen molar-refractivity contribution in [3.05, 3.63) is 28.8 Å². The van der Waals surface area contributed by atoms with Crippen molar-refractivity contribution in [2.24, 2.45) is 0 Å². The first kappa shape index (κ1) is 85.9. The minimum Gasteiger partial charge on any atom is -0.444 e. The molecule has 1 aliphatic carbocycles. The number of hydrogen-bond donors (Lipinski definition) is 12. The summed E-state index contributed by atoms with van der Waals surface area (Å²) in [7, 11) is -5.17. The van der Waals surface area contributed by atoms with Gasteiger partial charge in [0.25, 0.3) is 10.1 Å². The molecule has 19 unspecified atom stereocenters. The van der Waals surface area contributed by atoms with Gasteiger partial charge in [-0.3, -0.25) is 0 Å². The fourth-order valence-electron chi connectivity index (χ4n) is 11.1. The van der Waals surface area contributed by atoms with Crippen molar-refractivity contribution in [3.8, 4) is 0 Å². The lowest BCUT2D eigenvalue weighted by Gasteiger charge is -2.49. The number of aliphatic hydroxyl groups is 6. The second-order valence-electron chi connectivity index (χ2n) is 32.6. The number of rotatable bonds is 20.